The van der Waals surface area contributed by atoms with E-state index in [9.17, 15) is 19.1 Å². The van der Waals surface area contributed by atoms with Gasteiger partial charge in [0.1, 0.15) is 11.6 Å². The van der Waals surface area contributed by atoms with Crippen molar-refractivity contribution >= 4 is 68.1 Å². The molecule has 5 aromatic rings. The number of nitrogens with zero attached hydrogens (tertiary/aromatic N) is 3. The lowest BCUT2D eigenvalue weighted by atomic mass is 9.95. The summed E-state index contributed by atoms with van der Waals surface area (Å²) in [5.74, 6) is -2.14. The SMILES string of the molecule is Cc1ccc(/C(O)=C2\C(=O)C(=O)N(c3nnc(SCc4cccc5ccccc45)s3)C2c2ccc(Cl)cc2)cc1F. The number of fused-ring (bicyclic) bond motifs is 1. The first-order valence-corrected chi connectivity index (χ1v) is 14.8. The number of aliphatic hydroxyl groups is 1. The van der Waals surface area contributed by atoms with Crippen molar-refractivity contribution in [3.05, 3.63) is 124 Å². The summed E-state index contributed by atoms with van der Waals surface area (Å²) < 4.78 is 15.0. The van der Waals surface area contributed by atoms with Crippen LogP contribution in [0.2, 0.25) is 5.02 Å². The fraction of sp³-hybridized carbons (Fsp3) is 0.0968. The van der Waals surface area contributed by atoms with E-state index in [1.54, 1.807) is 31.2 Å². The molecule has 6 nitrogen and oxygen atoms in total. The summed E-state index contributed by atoms with van der Waals surface area (Å²) in [6.45, 7) is 1.59. The quantitative estimate of drug-likeness (QED) is 0.0705. The number of benzene rings is 4. The second-order valence-corrected chi connectivity index (χ2v) is 12.1. The van der Waals surface area contributed by atoms with Crippen LogP contribution in [0.3, 0.4) is 0 Å². The molecule has 1 saturated heterocycles. The lowest BCUT2D eigenvalue weighted by Gasteiger charge is -2.22. The van der Waals surface area contributed by atoms with Gasteiger partial charge in [0.05, 0.1) is 11.6 Å². The fourth-order valence-electron chi connectivity index (χ4n) is 4.80. The van der Waals surface area contributed by atoms with Crippen LogP contribution < -0.4 is 4.90 Å². The Morgan fingerprint density at radius 2 is 1.78 bits per heavy atom. The van der Waals surface area contributed by atoms with Gasteiger partial charge in [0, 0.05) is 16.3 Å². The van der Waals surface area contributed by atoms with E-state index in [0.717, 1.165) is 22.4 Å². The number of carbonyl (C=O) groups excluding carboxylic acids is 2. The lowest BCUT2D eigenvalue weighted by Crippen LogP contribution is -2.29. The molecule has 0 aliphatic carbocycles. The maximum Gasteiger partial charge on any atom is 0.301 e. The molecular formula is C31H21ClFN3O3S2. The molecular weight excluding hydrogens is 581 g/mol. The van der Waals surface area contributed by atoms with Crippen LogP contribution in [-0.2, 0) is 15.3 Å². The van der Waals surface area contributed by atoms with Gasteiger partial charge >= 0.3 is 5.91 Å². The van der Waals surface area contributed by atoms with Crippen LogP contribution in [0.15, 0.2) is 94.8 Å². The van der Waals surface area contributed by atoms with Crippen molar-refractivity contribution < 1.29 is 19.1 Å². The van der Waals surface area contributed by atoms with E-state index in [-0.39, 0.29) is 16.3 Å². The van der Waals surface area contributed by atoms with Crippen molar-refractivity contribution in [2.24, 2.45) is 0 Å². The van der Waals surface area contributed by atoms with Gasteiger partial charge in [-0.15, -0.1) is 10.2 Å². The first-order valence-electron chi connectivity index (χ1n) is 12.6. The highest BCUT2D eigenvalue weighted by Crippen LogP contribution is 2.44. The lowest BCUT2D eigenvalue weighted by molar-refractivity contribution is -0.132. The first-order chi connectivity index (χ1) is 19.8. The largest absolute Gasteiger partial charge is 0.507 e. The molecule has 0 spiro atoms. The molecule has 1 aliphatic heterocycles. The van der Waals surface area contributed by atoms with Crippen LogP contribution in [0.5, 0.6) is 0 Å². The maximum atomic E-state index is 14.4. The topological polar surface area (TPSA) is 83.4 Å². The van der Waals surface area contributed by atoms with Gasteiger partial charge in [-0.3, -0.25) is 14.5 Å². The number of halogens is 2. The van der Waals surface area contributed by atoms with Crippen LogP contribution in [0.4, 0.5) is 9.52 Å². The molecule has 204 valence electrons. The average Bonchev–Trinajstić information content (AvgIpc) is 3.55. The number of aliphatic hydroxyl groups excluding tert-OH is 1. The van der Waals surface area contributed by atoms with E-state index in [2.05, 4.69) is 34.5 Å². The number of Topliss-reactive ketones (excluding diaryl/α,β-unsaturated/α-hetero) is 1. The molecule has 0 saturated carbocycles. The normalized spacial score (nSPS) is 16.6. The molecule has 6 rings (SSSR count). The Kier molecular flexibility index (Phi) is 7.33. The zero-order chi connectivity index (χ0) is 28.7. The summed E-state index contributed by atoms with van der Waals surface area (Å²) in [6.07, 6.45) is 0. The van der Waals surface area contributed by atoms with Crippen molar-refractivity contribution in [1.29, 1.82) is 0 Å². The van der Waals surface area contributed by atoms with E-state index in [0.29, 0.717) is 26.2 Å². The summed E-state index contributed by atoms with van der Waals surface area (Å²) in [7, 11) is 0. The molecule has 1 atom stereocenters. The van der Waals surface area contributed by atoms with Crippen LogP contribution in [0.25, 0.3) is 16.5 Å². The van der Waals surface area contributed by atoms with E-state index < -0.39 is 29.3 Å². The highest BCUT2D eigenvalue weighted by atomic mass is 35.5. The monoisotopic (exact) mass is 601 g/mol. The summed E-state index contributed by atoms with van der Waals surface area (Å²) in [4.78, 5) is 28.0. The Labute approximate surface area is 248 Å². The second-order valence-electron chi connectivity index (χ2n) is 9.46. The van der Waals surface area contributed by atoms with Gasteiger partial charge in [-0.05, 0) is 52.6 Å². The van der Waals surface area contributed by atoms with Gasteiger partial charge in [-0.25, -0.2) is 4.39 Å². The Morgan fingerprint density at radius 1 is 1.02 bits per heavy atom. The minimum atomic E-state index is -1.01. The van der Waals surface area contributed by atoms with E-state index in [1.165, 1.54) is 40.1 Å². The summed E-state index contributed by atoms with van der Waals surface area (Å²) in [5, 5.41) is 22.7. The smallest absolute Gasteiger partial charge is 0.301 e. The van der Waals surface area contributed by atoms with Crippen molar-refractivity contribution in [2.45, 2.75) is 23.1 Å². The van der Waals surface area contributed by atoms with Gasteiger partial charge in [0.15, 0.2) is 4.34 Å². The molecule has 1 amide bonds. The predicted molar refractivity (Wildman–Crippen MR) is 161 cm³/mol. The zero-order valence-electron chi connectivity index (χ0n) is 21.5. The van der Waals surface area contributed by atoms with Gasteiger partial charge in [0.2, 0.25) is 5.13 Å². The zero-order valence-corrected chi connectivity index (χ0v) is 23.9. The number of amides is 1. The molecule has 10 heteroatoms. The number of anilines is 1. The fourth-order valence-corrected chi connectivity index (χ4v) is 6.80. The Hall–Kier alpha value is -4.05. The third-order valence-corrected chi connectivity index (χ3v) is 9.27. The predicted octanol–water partition coefficient (Wildman–Crippen LogP) is 7.71. The molecule has 1 fully saturated rings. The van der Waals surface area contributed by atoms with Gasteiger partial charge in [0.25, 0.3) is 5.78 Å². The number of ketones is 1. The molecule has 1 aliphatic rings. The summed E-state index contributed by atoms with van der Waals surface area (Å²) >= 11 is 8.76. The summed E-state index contributed by atoms with van der Waals surface area (Å²) in [6, 6.07) is 24.0. The standard InChI is InChI=1S/C31H21ClFN3O3S2/c1-17-9-10-20(15-24(17)33)27(37)25-26(19-11-13-22(32)14-12-19)36(29(39)28(25)38)30-34-35-31(41-30)40-16-21-7-4-6-18-5-2-3-8-23(18)21/h2-15,26,37H,16H2,1H3/b27-25+. The molecule has 2 heterocycles. The Bertz CT molecular complexity index is 1850. The molecule has 0 radical (unpaired) electrons. The number of carbonyl (C=O) groups is 2. The van der Waals surface area contributed by atoms with Crippen molar-refractivity contribution in [3.8, 4) is 0 Å². The van der Waals surface area contributed by atoms with Crippen LogP contribution in [0, 0.1) is 12.7 Å². The average molecular weight is 602 g/mol. The number of aryl methyl sites for hydroxylation is 1. The third kappa shape index (κ3) is 5.12. The molecule has 4 aromatic carbocycles. The number of hydrogen-bond donors (Lipinski definition) is 1. The molecule has 0 bridgehead atoms. The van der Waals surface area contributed by atoms with Gasteiger partial charge in [-0.2, -0.15) is 0 Å². The highest BCUT2D eigenvalue weighted by molar-refractivity contribution is 8.00. The van der Waals surface area contributed by atoms with Crippen molar-refractivity contribution in [1.82, 2.24) is 10.2 Å². The molecule has 1 N–H and O–H groups in total. The molecule has 1 aromatic heterocycles. The van der Waals surface area contributed by atoms with Crippen molar-refractivity contribution in [3.63, 3.8) is 0 Å². The van der Waals surface area contributed by atoms with Gasteiger partial charge < -0.3 is 5.11 Å². The van der Waals surface area contributed by atoms with Gasteiger partial charge in [-0.1, -0.05) is 101 Å². The van der Waals surface area contributed by atoms with E-state index in [1.807, 2.05) is 18.2 Å². The van der Waals surface area contributed by atoms with E-state index >= 15 is 0 Å². The van der Waals surface area contributed by atoms with E-state index in [4.69, 9.17) is 11.6 Å². The second kappa shape index (κ2) is 11.1. The minimum absolute atomic E-state index is 0.0914. The van der Waals surface area contributed by atoms with Crippen LogP contribution >= 0.6 is 34.7 Å². The molecule has 1 unspecified atom stereocenters. The first kappa shape index (κ1) is 27.1. The number of aromatic nitrogens is 2. The minimum Gasteiger partial charge on any atom is -0.507 e. The Morgan fingerprint density at radius 3 is 2.56 bits per heavy atom. The van der Waals surface area contributed by atoms with Crippen molar-refractivity contribution in [2.75, 3.05) is 4.90 Å². The number of hydrogen-bond acceptors (Lipinski definition) is 7. The number of rotatable bonds is 6. The maximum absolute atomic E-state index is 14.4. The third-order valence-electron chi connectivity index (χ3n) is 6.91. The van der Waals surface area contributed by atoms with Crippen LogP contribution in [0.1, 0.15) is 28.3 Å². The summed E-state index contributed by atoms with van der Waals surface area (Å²) in [5.41, 5.74) is 1.98. The number of thioether (sulfide) groups is 1. The Balaban J connectivity index is 1.37. The highest BCUT2D eigenvalue weighted by Gasteiger charge is 2.48. The van der Waals surface area contributed by atoms with Crippen LogP contribution in [-0.4, -0.2) is 27.0 Å². The molecule has 41 heavy (non-hydrogen) atoms.